The summed E-state index contributed by atoms with van der Waals surface area (Å²) in [7, 11) is 0. The van der Waals surface area contributed by atoms with Crippen LogP contribution in [0.15, 0.2) is 24.3 Å². The molecule has 0 spiro atoms. The summed E-state index contributed by atoms with van der Waals surface area (Å²) >= 11 is 0. The van der Waals surface area contributed by atoms with Gasteiger partial charge in [-0.15, -0.1) is 0 Å². The molecule has 2 rings (SSSR count). The van der Waals surface area contributed by atoms with Gasteiger partial charge in [-0.25, -0.2) is 0 Å². The summed E-state index contributed by atoms with van der Waals surface area (Å²) in [6.45, 7) is 5.19. The third-order valence-corrected chi connectivity index (χ3v) is 2.89. The molecule has 0 aliphatic carbocycles. The van der Waals surface area contributed by atoms with Crippen molar-refractivity contribution >= 4 is 0 Å². The van der Waals surface area contributed by atoms with Gasteiger partial charge in [-0.05, 0) is 18.7 Å². The highest BCUT2D eigenvalue weighted by atomic mass is 16.6. The lowest BCUT2D eigenvalue weighted by Crippen LogP contribution is -2.41. The third kappa shape index (κ3) is 3.11. The van der Waals surface area contributed by atoms with Crippen molar-refractivity contribution in [3.8, 4) is 11.5 Å². The fraction of sp³-hybridized carbons (Fsp3) is 0.538. The molecule has 1 heterocycles. The van der Waals surface area contributed by atoms with Gasteiger partial charge in [0, 0.05) is 13.1 Å². The predicted molar refractivity (Wildman–Crippen MR) is 65.6 cm³/mol. The van der Waals surface area contributed by atoms with Crippen LogP contribution >= 0.6 is 0 Å². The molecule has 0 saturated carbocycles. The van der Waals surface area contributed by atoms with E-state index >= 15 is 0 Å². The first kappa shape index (κ1) is 12.2. The van der Waals surface area contributed by atoms with E-state index in [0.29, 0.717) is 13.2 Å². The molecule has 17 heavy (non-hydrogen) atoms. The first-order valence-electron chi connectivity index (χ1n) is 6.05. The lowest BCUT2D eigenvalue weighted by Gasteiger charge is -2.30. The topological polar surface area (TPSA) is 41.9 Å². The summed E-state index contributed by atoms with van der Waals surface area (Å²) < 4.78 is 11.5. The average molecular weight is 237 g/mol. The normalized spacial score (nSPS) is 18.4. The van der Waals surface area contributed by atoms with E-state index in [2.05, 4.69) is 11.8 Å². The van der Waals surface area contributed by atoms with E-state index in [4.69, 9.17) is 14.6 Å². The van der Waals surface area contributed by atoms with Gasteiger partial charge < -0.3 is 14.6 Å². The Morgan fingerprint density at radius 1 is 1.35 bits per heavy atom. The minimum atomic E-state index is 0.0383. The summed E-state index contributed by atoms with van der Waals surface area (Å²) in [6.07, 6.45) is 0.0383. The van der Waals surface area contributed by atoms with Crippen LogP contribution in [-0.4, -0.2) is 49.0 Å². The van der Waals surface area contributed by atoms with Crippen LogP contribution in [-0.2, 0) is 0 Å². The van der Waals surface area contributed by atoms with Gasteiger partial charge in [0.2, 0.25) is 0 Å². The Kier molecular flexibility index (Phi) is 4.23. The van der Waals surface area contributed by atoms with Crippen LogP contribution in [0.3, 0.4) is 0 Å². The standard InChI is InChI=1S/C13H19NO3/c1-2-14(7-8-15)9-11-10-16-12-5-3-4-6-13(12)17-11/h3-6,11,15H,2,7-10H2,1H3. The molecule has 0 amide bonds. The van der Waals surface area contributed by atoms with Gasteiger partial charge in [0.1, 0.15) is 12.7 Å². The Hall–Kier alpha value is -1.26. The van der Waals surface area contributed by atoms with E-state index in [1.54, 1.807) is 0 Å². The second kappa shape index (κ2) is 5.89. The Labute approximate surface area is 102 Å². The first-order chi connectivity index (χ1) is 8.33. The largest absolute Gasteiger partial charge is 0.486 e. The molecule has 4 nitrogen and oxygen atoms in total. The van der Waals surface area contributed by atoms with Crippen molar-refractivity contribution < 1.29 is 14.6 Å². The molecule has 1 aliphatic heterocycles. The highest BCUT2D eigenvalue weighted by molar-refractivity contribution is 5.40. The highest BCUT2D eigenvalue weighted by Crippen LogP contribution is 2.30. The Balaban J connectivity index is 1.93. The van der Waals surface area contributed by atoms with E-state index in [9.17, 15) is 0 Å². The Morgan fingerprint density at radius 3 is 2.82 bits per heavy atom. The van der Waals surface area contributed by atoms with Gasteiger partial charge in [0.15, 0.2) is 11.5 Å². The second-order valence-corrected chi connectivity index (χ2v) is 4.11. The lowest BCUT2D eigenvalue weighted by molar-refractivity contribution is 0.0552. The molecule has 0 fully saturated rings. The van der Waals surface area contributed by atoms with Gasteiger partial charge in [0.25, 0.3) is 0 Å². The molecule has 1 N–H and O–H groups in total. The molecule has 0 bridgehead atoms. The van der Waals surface area contributed by atoms with Crippen molar-refractivity contribution in [3.63, 3.8) is 0 Å². The van der Waals surface area contributed by atoms with Crippen LogP contribution in [0.2, 0.25) is 0 Å². The maximum absolute atomic E-state index is 8.94. The molecule has 0 radical (unpaired) electrons. The smallest absolute Gasteiger partial charge is 0.161 e. The summed E-state index contributed by atoms with van der Waals surface area (Å²) in [4.78, 5) is 2.15. The number of ether oxygens (including phenoxy) is 2. The summed E-state index contributed by atoms with van der Waals surface area (Å²) in [5.74, 6) is 1.62. The third-order valence-electron chi connectivity index (χ3n) is 2.89. The van der Waals surface area contributed by atoms with Gasteiger partial charge in [0.05, 0.1) is 6.61 Å². The molecule has 0 saturated heterocycles. The number of likely N-dealkylation sites (N-methyl/N-ethyl adjacent to an activating group) is 1. The molecule has 1 aromatic carbocycles. The number of fused-ring (bicyclic) bond motifs is 1. The second-order valence-electron chi connectivity index (χ2n) is 4.11. The molecule has 0 aromatic heterocycles. The maximum Gasteiger partial charge on any atom is 0.161 e. The van der Waals surface area contributed by atoms with Crippen molar-refractivity contribution in [2.75, 3.05) is 32.8 Å². The van der Waals surface area contributed by atoms with Crippen LogP contribution in [0.5, 0.6) is 11.5 Å². The van der Waals surface area contributed by atoms with Crippen LogP contribution in [0.1, 0.15) is 6.92 Å². The number of hydrogen-bond acceptors (Lipinski definition) is 4. The van der Waals surface area contributed by atoms with E-state index in [1.165, 1.54) is 0 Å². The van der Waals surface area contributed by atoms with E-state index in [-0.39, 0.29) is 12.7 Å². The van der Waals surface area contributed by atoms with Crippen molar-refractivity contribution in [2.24, 2.45) is 0 Å². The zero-order valence-electron chi connectivity index (χ0n) is 10.1. The zero-order valence-corrected chi connectivity index (χ0v) is 10.1. The molecule has 1 aromatic rings. The fourth-order valence-corrected chi connectivity index (χ4v) is 1.96. The van der Waals surface area contributed by atoms with Crippen molar-refractivity contribution in [1.29, 1.82) is 0 Å². The number of para-hydroxylation sites is 2. The number of nitrogens with zero attached hydrogens (tertiary/aromatic N) is 1. The molecular weight excluding hydrogens is 218 g/mol. The van der Waals surface area contributed by atoms with E-state index < -0.39 is 0 Å². The fourth-order valence-electron chi connectivity index (χ4n) is 1.96. The van der Waals surface area contributed by atoms with Gasteiger partial charge in [-0.1, -0.05) is 19.1 Å². The Bertz CT molecular complexity index is 356. The summed E-state index contributed by atoms with van der Waals surface area (Å²) in [5.41, 5.74) is 0. The predicted octanol–water partition coefficient (Wildman–Crippen LogP) is 1.14. The molecular formula is C13H19NO3. The van der Waals surface area contributed by atoms with Crippen molar-refractivity contribution in [2.45, 2.75) is 13.0 Å². The van der Waals surface area contributed by atoms with E-state index in [1.807, 2.05) is 24.3 Å². The van der Waals surface area contributed by atoms with Gasteiger partial charge in [-0.2, -0.15) is 0 Å². The molecule has 94 valence electrons. The monoisotopic (exact) mass is 237 g/mol. The highest BCUT2D eigenvalue weighted by Gasteiger charge is 2.22. The average Bonchev–Trinajstić information content (AvgIpc) is 2.38. The zero-order chi connectivity index (χ0) is 12.1. The summed E-state index contributed by atoms with van der Waals surface area (Å²) in [6, 6.07) is 7.71. The maximum atomic E-state index is 8.94. The van der Waals surface area contributed by atoms with Crippen LogP contribution < -0.4 is 9.47 Å². The van der Waals surface area contributed by atoms with Crippen LogP contribution in [0.25, 0.3) is 0 Å². The lowest BCUT2D eigenvalue weighted by atomic mass is 10.2. The Morgan fingerprint density at radius 2 is 2.12 bits per heavy atom. The minimum Gasteiger partial charge on any atom is -0.486 e. The SMILES string of the molecule is CCN(CCO)CC1COc2ccccc2O1. The van der Waals surface area contributed by atoms with E-state index in [0.717, 1.165) is 24.6 Å². The molecule has 1 unspecified atom stereocenters. The quantitative estimate of drug-likeness (QED) is 0.834. The van der Waals surface area contributed by atoms with Crippen LogP contribution in [0.4, 0.5) is 0 Å². The number of aliphatic hydroxyl groups excluding tert-OH is 1. The summed E-state index contributed by atoms with van der Waals surface area (Å²) in [5, 5.41) is 8.94. The van der Waals surface area contributed by atoms with Crippen molar-refractivity contribution in [3.05, 3.63) is 24.3 Å². The van der Waals surface area contributed by atoms with Crippen LogP contribution in [0, 0.1) is 0 Å². The first-order valence-corrected chi connectivity index (χ1v) is 6.05. The molecule has 4 heteroatoms. The van der Waals surface area contributed by atoms with Crippen molar-refractivity contribution in [1.82, 2.24) is 4.90 Å². The number of rotatable bonds is 5. The minimum absolute atomic E-state index is 0.0383. The molecule has 1 aliphatic rings. The number of aliphatic hydroxyl groups is 1. The van der Waals surface area contributed by atoms with Gasteiger partial charge in [-0.3, -0.25) is 4.90 Å². The number of hydrogen-bond donors (Lipinski definition) is 1. The molecule has 1 atom stereocenters. The number of benzene rings is 1. The van der Waals surface area contributed by atoms with Gasteiger partial charge >= 0.3 is 0 Å².